The molecule has 0 saturated carbocycles. The Bertz CT molecular complexity index is 554. The predicted molar refractivity (Wildman–Crippen MR) is 80.9 cm³/mol. The van der Waals surface area contributed by atoms with E-state index in [1.165, 1.54) is 23.7 Å². The molecule has 0 atom stereocenters. The van der Waals surface area contributed by atoms with Crippen molar-refractivity contribution in [1.82, 2.24) is 4.37 Å². The summed E-state index contributed by atoms with van der Waals surface area (Å²) in [5, 5.41) is 4.09. The number of nitrogens with one attached hydrogen (secondary N) is 1. The van der Waals surface area contributed by atoms with Gasteiger partial charge in [-0.05, 0) is 49.5 Å². The molecule has 4 nitrogen and oxygen atoms in total. The molecule has 1 aromatic heterocycles. The van der Waals surface area contributed by atoms with Crippen LogP contribution >= 0.6 is 11.5 Å². The third-order valence-electron chi connectivity index (χ3n) is 2.64. The normalized spacial score (nSPS) is 10.8. The van der Waals surface area contributed by atoms with Crippen molar-refractivity contribution in [2.75, 3.05) is 17.6 Å². The van der Waals surface area contributed by atoms with E-state index < -0.39 is 0 Å². The van der Waals surface area contributed by atoms with Crippen molar-refractivity contribution in [2.24, 2.45) is 0 Å². The summed E-state index contributed by atoms with van der Waals surface area (Å²) in [5.74, 6) is 0.807. The highest BCUT2D eigenvalue weighted by Crippen LogP contribution is 2.35. The van der Waals surface area contributed by atoms with Gasteiger partial charge in [0, 0.05) is 6.54 Å². The summed E-state index contributed by atoms with van der Waals surface area (Å²) in [6, 6.07) is 6.49. The first-order valence-electron chi connectivity index (χ1n) is 6.46. The Morgan fingerprint density at radius 2 is 2.05 bits per heavy atom. The van der Waals surface area contributed by atoms with Crippen LogP contribution in [0.25, 0.3) is 0 Å². The Morgan fingerprint density at radius 1 is 1.35 bits per heavy atom. The molecule has 0 saturated heterocycles. The zero-order valence-corrected chi connectivity index (χ0v) is 12.3. The summed E-state index contributed by atoms with van der Waals surface area (Å²) in [5.41, 5.74) is 6.85. The Kier molecular flexibility index (Phi) is 4.79. The van der Waals surface area contributed by atoms with E-state index in [0.29, 0.717) is 18.1 Å². The summed E-state index contributed by atoms with van der Waals surface area (Å²) in [6.45, 7) is 4.60. The van der Waals surface area contributed by atoms with Gasteiger partial charge in [-0.2, -0.15) is 4.37 Å². The second-order valence-corrected chi connectivity index (χ2v) is 5.47. The van der Waals surface area contributed by atoms with E-state index in [-0.39, 0.29) is 11.9 Å². The lowest BCUT2D eigenvalue weighted by atomic mass is 10.1. The molecule has 108 valence electrons. The average molecular weight is 295 g/mol. The van der Waals surface area contributed by atoms with Crippen molar-refractivity contribution in [3.63, 3.8) is 0 Å². The molecule has 2 aromatic rings. The molecule has 0 aliphatic rings. The Morgan fingerprint density at radius 3 is 2.70 bits per heavy atom. The van der Waals surface area contributed by atoms with Gasteiger partial charge in [-0.1, -0.05) is 12.1 Å². The second kappa shape index (κ2) is 6.56. The maximum atomic E-state index is 12.8. The molecule has 6 heteroatoms. The first-order valence-corrected chi connectivity index (χ1v) is 7.23. The molecule has 1 aromatic carbocycles. The molecule has 0 aliphatic carbocycles. The largest absolute Gasteiger partial charge is 0.484 e. The minimum absolute atomic E-state index is 0.0475. The van der Waals surface area contributed by atoms with Gasteiger partial charge in [0.2, 0.25) is 0 Å². The van der Waals surface area contributed by atoms with Crippen LogP contribution in [-0.4, -0.2) is 17.0 Å². The fourth-order valence-electron chi connectivity index (χ4n) is 1.73. The number of benzene rings is 1. The number of hydrogen-bond donors (Lipinski definition) is 2. The molecule has 0 aliphatic heterocycles. The van der Waals surface area contributed by atoms with Gasteiger partial charge in [0.05, 0.1) is 6.10 Å². The van der Waals surface area contributed by atoms with Crippen molar-refractivity contribution in [2.45, 2.75) is 26.4 Å². The molecular formula is C14H18FN3OS. The number of ether oxygens (including phenoxy) is 1. The third kappa shape index (κ3) is 3.84. The first kappa shape index (κ1) is 14.6. The first-order chi connectivity index (χ1) is 9.56. The monoisotopic (exact) mass is 295 g/mol. The second-order valence-electron chi connectivity index (χ2n) is 4.70. The minimum Gasteiger partial charge on any atom is -0.484 e. The number of halogens is 1. The van der Waals surface area contributed by atoms with Crippen LogP contribution in [0.3, 0.4) is 0 Å². The van der Waals surface area contributed by atoms with Gasteiger partial charge in [0.25, 0.3) is 0 Å². The lowest BCUT2D eigenvalue weighted by Gasteiger charge is -2.11. The van der Waals surface area contributed by atoms with Crippen LogP contribution < -0.4 is 15.8 Å². The molecule has 0 fully saturated rings. The molecular weight excluding hydrogens is 277 g/mol. The molecule has 20 heavy (non-hydrogen) atoms. The van der Waals surface area contributed by atoms with Crippen molar-refractivity contribution in [1.29, 1.82) is 0 Å². The minimum atomic E-state index is -0.218. The molecule has 0 bridgehead atoms. The molecule has 0 unspecified atom stereocenters. The van der Waals surface area contributed by atoms with Crippen LogP contribution in [0.1, 0.15) is 19.4 Å². The number of aromatic nitrogens is 1. The fraction of sp³-hybridized carbons (Fsp3) is 0.357. The van der Waals surface area contributed by atoms with E-state index >= 15 is 0 Å². The van der Waals surface area contributed by atoms with Crippen LogP contribution in [0.2, 0.25) is 0 Å². The number of rotatable bonds is 6. The van der Waals surface area contributed by atoms with Crippen molar-refractivity contribution < 1.29 is 9.13 Å². The van der Waals surface area contributed by atoms with E-state index in [0.717, 1.165) is 17.0 Å². The number of hydrogen-bond acceptors (Lipinski definition) is 5. The molecule has 0 spiro atoms. The van der Waals surface area contributed by atoms with Crippen molar-refractivity contribution in [3.8, 4) is 5.75 Å². The lowest BCUT2D eigenvalue weighted by Crippen LogP contribution is -2.10. The summed E-state index contributed by atoms with van der Waals surface area (Å²) < 4.78 is 22.5. The highest BCUT2D eigenvalue weighted by molar-refractivity contribution is 7.11. The average Bonchev–Trinajstić information content (AvgIpc) is 2.73. The Balaban J connectivity index is 1.92. The number of nitrogens with two attached hydrogens (primary N) is 1. The number of nitrogen functional groups attached to an aromatic ring is 1. The molecule has 0 amide bonds. The standard InChI is InChI=1S/C14H18FN3OS/c1-9(2)19-12-13(16)18-20-14(12)17-8-7-10-3-5-11(15)6-4-10/h3-6,9,17H,7-8H2,1-2H3,(H2,16,18). The SMILES string of the molecule is CC(C)Oc1c(N)nsc1NCCc1ccc(F)cc1. The van der Waals surface area contributed by atoms with E-state index in [1.807, 2.05) is 13.8 Å². The maximum absolute atomic E-state index is 12.8. The zero-order valence-electron chi connectivity index (χ0n) is 11.5. The molecule has 0 radical (unpaired) electrons. The summed E-state index contributed by atoms with van der Waals surface area (Å²) in [6.07, 6.45) is 0.838. The molecule has 2 rings (SSSR count). The highest BCUT2D eigenvalue weighted by atomic mass is 32.1. The Labute approximate surface area is 121 Å². The fourth-order valence-corrected chi connectivity index (χ4v) is 2.40. The van der Waals surface area contributed by atoms with Gasteiger partial charge in [-0.25, -0.2) is 4.39 Å². The van der Waals surface area contributed by atoms with Gasteiger partial charge in [-0.15, -0.1) is 0 Å². The van der Waals surface area contributed by atoms with E-state index in [1.54, 1.807) is 12.1 Å². The van der Waals surface area contributed by atoms with E-state index in [4.69, 9.17) is 10.5 Å². The molecule has 3 N–H and O–H groups in total. The predicted octanol–water partition coefficient (Wildman–Crippen LogP) is 3.31. The summed E-state index contributed by atoms with van der Waals surface area (Å²) in [7, 11) is 0. The lowest BCUT2D eigenvalue weighted by molar-refractivity contribution is 0.245. The van der Waals surface area contributed by atoms with Gasteiger partial charge in [-0.3, -0.25) is 0 Å². The summed E-state index contributed by atoms with van der Waals surface area (Å²) in [4.78, 5) is 0. The smallest absolute Gasteiger partial charge is 0.197 e. The van der Waals surface area contributed by atoms with E-state index in [9.17, 15) is 4.39 Å². The quantitative estimate of drug-likeness (QED) is 0.858. The van der Waals surface area contributed by atoms with Gasteiger partial charge in [0.15, 0.2) is 16.6 Å². The number of nitrogens with zero attached hydrogens (tertiary/aromatic N) is 1. The van der Waals surface area contributed by atoms with Crippen LogP contribution in [0.5, 0.6) is 5.75 Å². The Hall–Kier alpha value is -1.82. The highest BCUT2D eigenvalue weighted by Gasteiger charge is 2.13. The third-order valence-corrected chi connectivity index (χ3v) is 3.44. The summed E-state index contributed by atoms with van der Waals surface area (Å²) >= 11 is 1.28. The van der Waals surface area contributed by atoms with Gasteiger partial charge >= 0.3 is 0 Å². The zero-order chi connectivity index (χ0) is 14.5. The maximum Gasteiger partial charge on any atom is 0.197 e. The van der Waals surface area contributed by atoms with Gasteiger partial charge in [0.1, 0.15) is 5.82 Å². The van der Waals surface area contributed by atoms with Crippen LogP contribution in [0, 0.1) is 5.82 Å². The van der Waals surface area contributed by atoms with Crippen LogP contribution in [0.4, 0.5) is 15.2 Å². The van der Waals surface area contributed by atoms with Gasteiger partial charge < -0.3 is 15.8 Å². The van der Waals surface area contributed by atoms with E-state index in [2.05, 4.69) is 9.69 Å². The topological polar surface area (TPSA) is 60.2 Å². The van der Waals surface area contributed by atoms with Crippen LogP contribution in [0.15, 0.2) is 24.3 Å². The van der Waals surface area contributed by atoms with Crippen molar-refractivity contribution in [3.05, 3.63) is 35.6 Å². The van der Waals surface area contributed by atoms with Crippen LogP contribution in [-0.2, 0) is 6.42 Å². The number of anilines is 2. The molecule has 1 heterocycles. The van der Waals surface area contributed by atoms with Crippen molar-refractivity contribution >= 4 is 22.4 Å².